The Bertz CT molecular complexity index is 297. The molecule has 11 heavy (non-hydrogen) atoms. The zero-order valence-corrected chi connectivity index (χ0v) is 5.74. The van der Waals surface area contributed by atoms with Gasteiger partial charge in [-0.25, -0.2) is 0 Å². The average molecular weight is 149 g/mol. The van der Waals surface area contributed by atoms with Crippen LogP contribution in [0.1, 0.15) is 0 Å². The van der Waals surface area contributed by atoms with Crippen molar-refractivity contribution in [3.8, 4) is 0 Å². The SMILES string of the molecule is [O-][NH+]1C=CNc2cnccc21. The number of nitrogens with one attached hydrogen (secondary N) is 2. The van der Waals surface area contributed by atoms with Crippen molar-refractivity contribution in [1.29, 1.82) is 0 Å². The first-order valence-corrected chi connectivity index (χ1v) is 3.29. The van der Waals surface area contributed by atoms with E-state index >= 15 is 0 Å². The zero-order chi connectivity index (χ0) is 7.68. The van der Waals surface area contributed by atoms with Crippen molar-refractivity contribution in [3.63, 3.8) is 0 Å². The Morgan fingerprint density at radius 3 is 3.27 bits per heavy atom. The van der Waals surface area contributed by atoms with Gasteiger partial charge in [-0.15, -0.1) is 0 Å². The normalized spacial score (nSPS) is 20.6. The molecule has 1 aliphatic rings. The molecule has 1 aliphatic heterocycles. The van der Waals surface area contributed by atoms with Gasteiger partial charge in [0.15, 0.2) is 5.69 Å². The second-order valence-corrected chi connectivity index (χ2v) is 2.26. The maximum atomic E-state index is 11.1. The van der Waals surface area contributed by atoms with E-state index in [2.05, 4.69) is 10.3 Å². The Kier molecular flexibility index (Phi) is 1.34. The van der Waals surface area contributed by atoms with Crippen LogP contribution in [0.2, 0.25) is 0 Å². The minimum atomic E-state index is 0.0288. The smallest absolute Gasteiger partial charge is 0.162 e. The van der Waals surface area contributed by atoms with E-state index in [9.17, 15) is 5.21 Å². The number of rotatable bonds is 0. The molecule has 1 atom stereocenters. The van der Waals surface area contributed by atoms with E-state index in [1.807, 2.05) is 0 Å². The maximum Gasteiger partial charge on any atom is 0.162 e. The lowest BCUT2D eigenvalue weighted by atomic mass is 10.3. The third-order valence-electron chi connectivity index (χ3n) is 1.56. The Balaban J connectivity index is 2.50. The van der Waals surface area contributed by atoms with Gasteiger partial charge in [0, 0.05) is 12.3 Å². The van der Waals surface area contributed by atoms with Crippen molar-refractivity contribution in [3.05, 3.63) is 36.1 Å². The van der Waals surface area contributed by atoms with Crippen LogP contribution in [0.3, 0.4) is 0 Å². The second kappa shape index (κ2) is 2.34. The lowest BCUT2D eigenvalue weighted by Crippen LogP contribution is -2.97. The molecular formula is C7H7N3O. The van der Waals surface area contributed by atoms with Crippen LogP contribution < -0.4 is 10.4 Å². The van der Waals surface area contributed by atoms with Gasteiger partial charge in [-0.1, -0.05) is 0 Å². The third-order valence-corrected chi connectivity index (χ3v) is 1.56. The Morgan fingerprint density at radius 2 is 2.45 bits per heavy atom. The molecule has 0 radical (unpaired) electrons. The summed E-state index contributed by atoms with van der Waals surface area (Å²) < 4.78 is 0. The fraction of sp³-hybridized carbons (Fsp3) is 0. The molecule has 0 amide bonds. The minimum absolute atomic E-state index is 0.0288. The molecule has 4 nitrogen and oxygen atoms in total. The summed E-state index contributed by atoms with van der Waals surface area (Å²) in [6.45, 7) is 0. The molecule has 0 fully saturated rings. The van der Waals surface area contributed by atoms with Crippen molar-refractivity contribution in [2.75, 3.05) is 5.32 Å². The molecule has 2 heterocycles. The van der Waals surface area contributed by atoms with Crippen LogP contribution in [-0.4, -0.2) is 4.98 Å². The molecular weight excluding hydrogens is 142 g/mol. The molecule has 1 unspecified atom stereocenters. The zero-order valence-electron chi connectivity index (χ0n) is 5.74. The largest absolute Gasteiger partial charge is 0.624 e. The highest BCUT2D eigenvalue weighted by molar-refractivity contribution is 5.61. The molecule has 2 rings (SSSR count). The number of anilines is 1. The molecule has 1 aromatic rings. The summed E-state index contributed by atoms with van der Waals surface area (Å²) in [5, 5.41) is 14.1. The highest BCUT2D eigenvalue weighted by Gasteiger charge is 2.09. The number of fused-ring (bicyclic) bond motifs is 1. The van der Waals surface area contributed by atoms with E-state index in [-0.39, 0.29) is 5.06 Å². The number of hydrogen-bond donors (Lipinski definition) is 2. The monoisotopic (exact) mass is 149 g/mol. The topological polar surface area (TPSA) is 52.4 Å². The standard InChI is InChI=1S/C7H7N3O/c11-10-4-3-9-6-5-8-2-1-7(6)10/h1-5,9-10H. The van der Waals surface area contributed by atoms with Gasteiger partial charge in [0.2, 0.25) is 0 Å². The van der Waals surface area contributed by atoms with Crippen molar-refractivity contribution in [2.24, 2.45) is 0 Å². The van der Waals surface area contributed by atoms with Crippen molar-refractivity contribution >= 4 is 11.4 Å². The molecule has 0 saturated carbocycles. The van der Waals surface area contributed by atoms with Crippen molar-refractivity contribution < 1.29 is 5.06 Å². The maximum absolute atomic E-state index is 11.1. The van der Waals surface area contributed by atoms with Gasteiger partial charge in [0.1, 0.15) is 11.9 Å². The number of nitrogens with zero attached hydrogens (tertiary/aromatic N) is 1. The number of hydrogen-bond acceptors (Lipinski definition) is 3. The van der Waals surface area contributed by atoms with E-state index in [0.29, 0.717) is 5.69 Å². The summed E-state index contributed by atoms with van der Waals surface area (Å²) in [7, 11) is 0. The predicted octanol–water partition coefficient (Wildman–Crippen LogP) is -0.00750. The minimum Gasteiger partial charge on any atom is -0.624 e. The van der Waals surface area contributed by atoms with Gasteiger partial charge in [-0.05, 0) is 0 Å². The Morgan fingerprint density at radius 1 is 1.55 bits per heavy atom. The molecule has 0 spiro atoms. The third kappa shape index (κ3) is 0.978. The van der Waals surface area contributed by atoms with E-state index < -0.39 is 0 Å². The fourth-order valence-corrected chi connectivity index (χ4v) is 1.02. The van der Waals surface area contributed by atoms with Gasteiger partial charge in [-0.2, -0.15) is 0 Å². The summed E-state index contributed by atoms with van der Waals surface area (Å²) in [4.78, 5) is 3.88. The molecule has 1 aromatic heterocycles. The van der Waals surface area contributed by atoms with Crippen LogP contribution >= 0.6 is 0 Å². The molecule has 0 aliphatic carbocycles. The first kappa shape index (κ1) is 6.33. The van der Waals surface area contributed by atoms with Crippen LogP contribution in [0.25, 0.3) is 0 Å². The fourth-order valence-electron chi connectivity index (χ4n) is 1.02. The van der Waals surface area contributed by atoms with Crippen LogP contribution in [0.15, 0.2) is 30.9 Å². The van der Waals surface area contributed by atoms with Gasteiger partial charge >= 0.3 is 0 Å². The molecule has 0 bridgehead atoms. The summed E-state index contributed by atoms with van der Waals surface area (Å²) in [5.41, 5.74) is 1.46. The van der Waals surface area contributed by atoms with Crippen LogP contribution in [-0.2, 0) is 0 Å². The van der Waals surface area contributed by atoms with Crippen molar-refractivity contribution in [2.45, 2.75) is 0 Å². The van der Waals surface area contributed by atoms with Crippen LogP contribution in [0.5, 0.6) is 0 Å². The highest BCUT2D eigenvalue weighted by Crippen LogP contribution is 2.16. The van der Waals surface area contributed by atoms with Gasteiger partial charge in [-0.3, -0.25) is 4.98 Å². The highest BCUT2D eigenvalue weighted by atomic mass is 16.5. The summed E-state index contributed by atoms with van der Waals surface area (Å²) >= 11 is 0. The second-order valence-electron chi connectivity index (χ2n) is 2.26. The Hall–Kier alpha value is -1.39. The lowest BCUT2D eigenvalue weighted by Gasteiger charge is -2.22. The quantitative estimate of drug-likeness (QED) is 0.510. The number of quaternary nitrogens is 1. The van der Waals surface area contributed by atoms with Crippen LogP contribution in [0, 0.1) is 5.21 Å². The first-order chi connectivity index (χ1) is 5.38. The number of hydroxylamine groups is 1. The molecule has 0 saturated heterocycles. The van der Waals surface area contributed by atoms with Crippen molar-refractivity contribution in [1.82, 2.24) is 4.98 Å². The number of pyridine rings is 1. The molecule has 4 heteroatoms. The summed E-state index contributed by atoms with van der Waals surface area (Å²) in [5.74, 6) is 0. The first-order valence-electron chi connectivity index (χ1n) is 3.29. The van der Waals surface area contributed by atoms with E-state index in [0.717, 1.165) is 5.69 Å². The molecule has 0 aromatic carbocycles. The van der Waals surface area contributed by atoms with E-state index in [1.54, 1.807) is 24.7 Å². The van der Waals surface area contributed by atoms with E-state index in [1.165, 1.54) is 6.20 Å². The predicted molar refractivity (Wildman–Crippen MR) is 41.0 cm³/mol. The summed E-state index contributed by atoms with van der Waals surface area (Å²) in [6, 6.07) is 1.70. The molecule has 2 N–H and O–H groups in total. The van der Waals surface area contributed by atoms with Gasteiger partial charge in [0.25, 0.3) is 0 Å². The Labute approximate surface area is 63.7 Å². The van der Waals surface area contributed by atoms with Gasteiger partial charge < -0.3 is 15.6 Å². The molecule has 56 valence electrons. The van der Waals surface area contributed by atoms with Crippen LogP contribution in [0.4, 0.5) is 11.4 Å². The number of aromatic nitrogens is 1. The average Bonchev–Trinajstić information content (AvgIpc) is 2.06. The van der Waals surface area contributed by atoms with E-state index in [4.69, 9.17) is 0 Å². The van der Waals surface area contributed by atoms with Gasteiger partial charge in [0.05, 0.1) is 12.4 Å². The summed E-state index contributed by atoms with van der Waals surface area (Å²) in [6.07, 6.45) is 6.36. The lowest BCUT2D eigenvalue weighted by molar-refractivity contribution is -0.714.